The van der Waals surface area contributed by atoms with Gasteiger partial charge in [0.15, 0.2) is 0 Å². The minimum atomic E-state index is -0.317. The summed E-state index contributed by atoms with van der Waals surface area (Å²) in [5.41, 5.74) is 12.7. The fourth-order valence-electron chi connectivity index (χ4n) is 4.41. The minimum absolute atomic E-state index is 0.0129. The summed E-state index contributed by atoms with van der Waals surface area (Å²) >= 11 is 7.50. The third kappa shape index (κ3) is 3.50. The van der Waals surface area contributed by atoms with Crippen molar-refractivity contribution in [3.63, 3.8) is 0 Å². The maximum atomic E-state index is 12.6. The molecule has 1 aliphatic heterocycles. The Morgan fingerprint density at radius 3 is 2.71 bits per heavy atom. The standard InChI is InChI=1S/C19H24ClN5O2S/c20-13-2-1-3-14(18(13)22)28-17-11-23-10-16(27)25(17)24-6-4-19(5-7-24)9-12(26)8-15(19)21/h1-3,10-12,15,26H,4-9,21-22H2/t12-,15+/m0/s1. The molecule has 0 bridgehead atoms. The Bertz CT molecular complexity index is 929. The fraction of sp³-hybridized carbons (Fsp3) is 0.474. The zero-order valence-electron chi connectivity index (χ0n) is 15.4. The minimum Gasteiger partial charge on any atom is -0.397 e. The summed E-state index contributed by atoms with van der Waals surface area (Å²) in [6, 6.07) is 5.45. The third-order valence-electron chi connectivity index (χ3n) is 5.99. The second-order valence-electron chi connectivity index (χ2n) is 7.67. The number of anilines is 1. The second kappa shape index (κ2) is 7.59. The van der Waals surface area contributed by atoms with Gasteiger partial charge in [0.25, 0.3) is 5.56 Å². The van der Waals surface area contributed by atoms with Gasteiger partial charge >= 0.3 is 0 Å². The zero-order valence-corrected chi connectivity index (χ0v) is 17.0. The Hall–Kier alpha value is -1.74. The molecule has 9 heteroatoms. The summed E-state index contributed by atoms with van der Waals surface area (Å²) in [6.45, 7) is 1.39. The summed E-state index contributed by atoms with van der Waals surface area (Å²) in [5, 5.41) is 13.2. The van der Waals surface area contributed by atoms with Gasteiger partial charge in [0.1, 0.15) is 5.03 Å². The lowest BCUT2D eigenvalue weighted by Gasteiger charge is -2.43. The van der Waals surface area contributed by atoms with Gasteiger partial charge in [-0.25, -0.2) is 4.68 Å². The molecule has 2 atom stereocenters. The molecule has 28 heavy (non-hydrogen) atoms. The summed E-state index contributed by atoms with van der Waals surface area (Å²) in [4.78, 5) is 17.5. The first-order chi connectivity index (χ1) is 13.4. The van der Waals surface area contributed by atoms with Gasteiger partial charge in [-0.05, 0) is 43.2 Å². The zero-order chi connectivity index (χ0) is 19.9. The summed E-state index contributed by atoms with van der Waals surface area (Å²) < 4.78 is 1.67. The van der Waals surface area contributed by atoms with Crippen LogP contribution in [0.2, 0.25) is 5.02 Å². The third-order valence-corrected chi connectivity index (χ3v) is 7.38. The molecule has 0 radical (unpaired) electrons. The van der Waals surface area contributed by atoms with Crippen molar-refractivity contribution in [3.05, 3.63) is 46.0 Å². The summed E-state index contributed by atoms with van der Waals surface area (Å²) in [7, 11) is 0. The van der Waals surface area contributed by atoms with E-state index < -0.39 is 0 Å². The molecule has 1 aromatic heterocycles. The number of aliphatic hydroxyl groups is 1. The maximum Gasteiger partial charge on any atom is 0.288 e. The van der Waals surface area contributed by atoms with Crippen molar-refractivity contribution in [2.45, 2.75) is 47.8 Å². The number of nitrogens with two attached hydrogens (primary N) is 2. The van der Waals surface area contributed by atoms with Crippen LogP contribution in [0, 0.1) is 5.41 Å². The monoisotopic (exact) mass is 421 g/mol. The summed E-state index contributed by atoms with van der Waals surface area (Å²) in [6.07, 6.45) is 5.77. The van der Waals surface area contributed by atoms with E-state index in [2.05, 4.69) is 4.98 Å². The molecule has 0 amide bonds. The molecule has 2 aliphatic rings. The van der Waals surface area contributed by atoms with E-state index in [1.807, 2.05) is 17.1 Å². The van der Waals surface area contributed by atoms with E-state index >= 15 is 0 Å². The van der Waals surface area contributed by atoms with E-state index in [-0.39, 0.29) is 23.1 Å². The van der Waals surface area contributed by atoms with Crippen LogP contribution in [0.4, 0.5) is 5.69 Å². The number of piperidine rings is 1. The Balaban J connectivity index is 1.59. The van der Waals surface area contributed by atoms with Gasteiger partial charge < -0.3 is 21.6 Å². The van der Waals surface area contributed by atoms with Crippen LogP contribution in [0.25, 0.3) is 0 Å². The first kappa shape index (κ1) is 19.6. The highest BCUT2D eigenvalue weighted by atomic mass is 35.5. The van der Waals surface area contributed by atoms with E-state index in [1.165, 1.54) is 18.0 Å². The topological polar surface area (TPSA) is 110 Å². The highest BCUT2D eigenvalue weighted by Crippen LogP contribution is 2.45. The van der Waals surface area contributed by atoms with E-state index in [0.29, 0.717) is 35.2 Å². The van der Waals surface area contributed by atoms with Gasteiger partial charge in [-0.1, -0.05) is 29.4 Å². The number of aromatic nitrogens is 2. The van der Waals surface area contributed by atoms with Crippen LogP contribution < -0.4 is 22.0 Å². The molecule has 1 spiro atoms. The van der Waals surface area contributed by atoms with Crippen LogP contribution in [0.1, 0.15) is 25.7 Å². The molecule has 2 aromatic rings. The van der Waals surface area contributed by atoms with Crippen LogP contribution in [-0.2, 0) is 0 Å². The van der Waals surface area contributed by atoms with Crippen molar-refractivity contribution in [1.29, 1.82) is 0 Å². The van der Waals surface area contributed by atoms with Crippen LogP contribution in [-0.4, -0.2) is 40.0 Å². The van der Waals surface area contributed by atoms with Gasteiger partial charge in [-0.15, -0.1) is 0 Å². The lowest BCUT2D eigenvalue weighted by molar-refractivity contribution is 0.135. The van der Waals surface area contributed by atoms with Gasteiger partial charge in [-0.2, -0.15) is 0 Å². The highest BCUT2D eigenvalue weighted by molar-refractivity contribution is 7.99. The maximum absolute atomic E-state index is 12.6. The molecule has 1 aromatic carbocycles. The van der Waals surface area contributed by atoms with Crippen LogP contribution >= 0.6 is 23.4 Å². The molecule has 1 aliphatic carbocycles. The largest absolute Gasteiger partial charge is 0.397 e. The molecular formula is C19H24ClN5O2S. The van der Waals surface area contributed by atoms with Gasteiger partial charge in [0.2, 0.25) is 0 Å². The van der Waals surface area contributed by atoms with Gasteiger partial charge in [-0.3, -0.25) is 9.78 Å². The van der Waals surface area contributed by atoms with E-state index in [4.69, 9.17) is 23.1 Å². The average Bonchev–Trinajstić information content (AvgIpc) is 2.93. The highest BCUT2D eigenvalue weighted by Gasteiger charge is 2.46. The average molecular weight is 422 g/mol. The molecule has 4 rings (SSSR count). The number of nitrogen functional groups attached to an aromatic ring is 1. The number of hydrogen-bond acceptors (Lipinski definition) is 7. The van der Waals surface area contributed by atoms with E-state index in [9.17, 15) is 9.90 Å². The Labute approximate surface area is 172 Å². The van der Waals surface area contributed by atoms with Crippen molar-refractivity contribution < 1.29 is 5.11 Å². The van der Waals surface area contributed by atoms with Crippen molar-refractivity contribution in [1.82, 2.24) is 9.66 Å². The van der Waals surface area contributed by atoms with Crippen molar-refractivity contribution in [2.75, 3.05) is 23.8 Å². The molecule has 150 valence electrons. The smallest absolute Gasteiger partial charge is 0.288 e. The van der Waals surface area contributed by atoms with Crippen LogP contribution in [0.5, 0.6) is 0 Å². The quantitative estimate of drug-likeness (QED) is 0.648. The number of hydrogen-bond donors (Lipinski definition) is 3. The second-order valence-corrected chi connectivity index (χ2v) is 9.13. The summed E-state index contributed by atoms with van der Waals surface area (Å²) in [5.74, 6) is 0. The molecule has 1 saturated carbocycles. The first-order valence-corrected chi connectivity index (χ1v) is 10.6. The van der Waals surface area contributed by atoms with Crippen molar-refractivity contribution in [3.8, 4) is 0 Å². The van der Waals surface area contributed by atoms with Crippen LogP contribution in [0.15, 0.2) is 45.3 Å². The molecule has 0 unspecified atom stereocenters. The Kier molecular flexibility index (Phi) is 5.30. The molecule has 1 saturated heterocycles. The lowest BCUT2D eigenvalue weighted by atomic mass is 9.74. The number of benzene rings is 1. The molecule has 2 heterocycles. The van der Waals surface area contributed by atoms with Crippen molar-refractivity contribution >= 4 is 29.1 Å². The van der Waals surface area contributed by atoms with Crippen LogP contribution in [0.3, 0.4) is 0 Å². The predicted octanol–water partition coefficient (Wildman–Crippen LogP) is 1.83. The predicted molar refractivity (Wildman–Crippen MR) is 111 cm³/mol. The molecule has 2 fully saturated rings. The lowest BCUT2D eigenvalue weighted by Crippen LogP contribution is -2.53. The molecule has 7 nitrogen and oxygen atoms in total. The van der Waals surface area contributed by atoms with Crippen molar-refractivity contribution in [2.24, 2.45) is 11.1 Å². The Morgan fingerprint density at radius 2 is 2.04 bits per heavy atom. The van der Waals surface area contributed by atoms with E-state index in [1.54, 1.807) is 16.9 Å². The number of para-hydroxylation sites is 1. The Morgan fingerprint density at radius 1 is 1.29 bits per heavy atom. The van der Waals surface area contributed by atoms with Gasteiger partial charge in [0.05, 0.1) is 29.2 Å². The number of nitrogens with zero attached hydrogens (tertiary/aromatic N) is 3. The number of rotatable bonds is 3. The first-order valence-electron chi connectivity index (χ1n) is 9.37. The normalized spacial score (nSPS) is 24.0. The fourth-order valence-corrected chi connectivity index (χ4v) is 5.64. The van der Waals surface area contributed by atoms with E-state index in [0.717, 1.165) is 24.2 Å². The SMILES string of the molecule is Nc1c(Cl)cccc1Sc1cncc(=O)n1N1CCC2(CC1)C[C@@H](O)C[C@H]2N. The molecule has 5 N–H and O–H groups in total. The number of aliphatic hydroxyl groups excluding tert-OH is 1. The number of halogens is 1. The molecular weight excluding hydrogens is 398 g/mol. The van der Waals surface area contributed by atoms with Gasteiger partial charge in [0, 0.05) is 24.0 Å².